The number of rotatable bonds is 5. The molecule has 2 atom stereocenters. The fourth-order valence-corrected chi connectivity index (χ4v) is 4.04. The Kier molecular flexibility index (Phi) is 5.46. The highest BCUT2D eigenvalue weighted by Gasteiger charge is 2.28. The molecular formula is C22H27NO2. The van der Waals surface area contributed by atoms with Crippen LogP contribution in [0.4, 0.5) is 0 Å². The van der Waals surface area contributed by atoms with Gasteiger partial charge in [0.15, 0.2) is 0 Å². The van der Waals surface area contributed by atoms with E-state index in [1.807, 2.05) is 0 Å². The van der Waals surface area contributed by atoms with Crippen molar-refractivity contribution >= 4 is 0 Å². The van der Waals surface area contributed by atoms with E-state index in [-0.39, 0.29) is 0 Å². The maximum Gasteiger partial charge on any atom is 0.0622 e. The molecule has 2 aliphatic heterocycles. The molecule has 2 aliphatic rings. The lowest BCUT2D eigenvalue weighted by molar-refractivity contribution is -0.0204. The van der Waals surface area contributed by atoms with E-state index in [2.05, 4.69) is 59.5 Å². The normalized spacial score (nSPS) is 24.5. The van der Waals surface area contributed by atoms with E-state index >= 15 is 0 Å². The van der Waals surface area contributed by atoms with Gasteiger partial charge in [-0.3, -0.25) is 4.90 Å². The molecule has 0 spiro atoms. The standard InChI is InChI=1S/C22H27NO2/c1-2-6-19(7-3-1)22-9-5-4-8-20(22)15-23-11-13-25-17-21(23)14-18-10-12-24-16-18/h1-9,18,21H,10-17H2. The van der Waals surface area contributed by atoms with Gasteiger partial charge in [-0.25, -0.2) is 0 Å². The van der Waals surface area contributed by atoms with E-state index in [4.69, 9.17) is 9.47 Å². The number of hydrogen-bond donors (Lipinski definition) is 0. The fourth-order valence-electron chi connectivity index (χ4n) is 4.04. The van der Waals surface area contributed by atoms with Crippen molar-refractivity contribution in [2.45, 2.75) is 25.4 Å². The van der Waals surface area contributed by atoms with E-state index in [0.29, 0.717) is 12.0 Å². The third kappa shape index (κ3) is 4.12. The monoisotopic (exact) mass is 337 g/mol. The van der Waals surface area contributed by atoms with Gasteiger partial charge in [0.25, 0.3) is 0 Å². The van der Waals surface area contributed by atoms with Crippen LogP contribution in [0.3, 0.4) is 0 Å². The van der Waals surface area contributed by atoms with Crippen LogP contribution in [0.1, 0.15) is 18.4 Å². The van der Waals surface area contributed by atoms with Crippen LogP contribution in [-0.4, -0.2) is 43.9 Å². The molecule has 2 aromatic rings. The molecule has 132 valence electrons. The van der Waals surface area contributed by atoms with Gasteiger partial charge in [-0.2, -0.15) is 0 Å². The van der Waals surface area contributed by atoms with Crippen molar-refractivity contribution in [1.29, 1.82) is 0 Å². The van der Waals surface area contributed by atoms with Gasteiger partial charge in [0, 0.05) is 32.3 Å². The topological polar surface area (TPSA) is 21.7 Å². The Morgan fingerprint density at radius 3 is 2.52 bits per heavy atom. The molecule has 25 heavy (non-hydrogen) atoms. The van der Waals surface area contributed by atoms with E-state index in [9.17, 15) is 0 Å². The summed E-state index contributed by atoms with van der Waals surface area (Å²) in [6, 6.07) is 20.0. The van der Waals surface area contributed by atoms with Crippen LogP contribution in [0.2, 0.25) is 0 Å². The zero-order valence-electron chi connectivity index (χ0n) is 14.8. The van der Waals surface area contributed by atoms with Crippen molar-refractivity contribution in [2.75, 3.05) is 33.0 Å². The quantitative estimate of drug-likeness (QED) is 0.824. The highest BCUT2D eigenvalue weighted by Crippen LogP contribution is 2.28. The first kappa shape index (κ1) is 16.8. The van der Waals surface area contributed by atoms with Crippen LogP contribution < -0.4 is 0 Å². The molecule has 0 aliphatic carbocycles. The Morgan fingerprint density at radius 1 is 0.880 bits per heavy atom. The molecule has 0 radical (unpaired) electrons. The molecule has 2 fully saturated rings. The smallest absolute Gasteiger partial charge is 0.0622 e. The second kappa shape index (κ2) is 8.13. The lowest BCUT2D eigenvalue weighted by Crippen LogP contribution is -2.45. The Morgan fingerprint density at radius 2 is 1.68 bits per heavy atom. The summed E-state index contributed by atoms with van der Waals surface area (Å²) < 4.78 is 11.4. The molecule has 0 amide bonds. The first-order valence-electron chi connectivity index (χ1n) is 9.43. The summed E-state index contributed by atoms with van der Waals surface area (Å²) in [6.45, 7) is 5.54. The first-order chi connectivity index (χ1) is 12.4. The van der Waals surface area contributed by atoms with Gasteiger partial charge in [0.05, 0.1) is 13.2 Å². The Hall–Kier alpha value is -1.68. The van der Waals surface area contributed by atoms with Gasteiger partial charge in [-0.05, 0) is 35.4 Å². The average molecular weight is 337 g/mol. The van der Waals surface area contributed by atoms with E-state index in [1.165, 1.54) is 29.5 Å². The zero-order valence-corrected chi connectivity index (χ0v) is 14.8. The minimum absolute atomic E-state index is 0.504. The number of ether oxygens (including phenoxy) is 2. The second-order valence-electron chi connectivity index (χ2n) is 7.19. The van der Waals surface area contributed by atoms with Crippen LogP contribution in [-0.2, 0) is 16.0 Å². The summed E-state index contributed by atoms with van der Waals surface area (Å²) in [4.78, 5) is 2.61. The minimum atomic E-state index is 0.504. The van der Waals surface area contributed by atoms with E-state index < -0.39 is 0 Å². The molecule has 3 heteroatoms. The van der Waals surface area contributed by atoms with Crippen LogP contribution >= 0.6 is 0 Å². The molecule has 2 unspecified atom stereocenters. The van der Waals surface area contributed by atoms with Crippen LogP contribution in [0, 0.1) is 5.92 Å². The SMILES string of the molecule is c1ccc(-c2ccccc2CN2CCOCC2CC2CCOC2)cc1. The third-order valence-corrected chi connectivity index (χ3v) is 5.45. The van der Waals surface area contributed by atoms with Gasteiger partial charge in [-0.15, -0.1) is 0 Å². The third-order valence-electron chi connectivity index (χ3n) is 5.45. The van der Waals surface area contributed by atoms with Crippen molar-refractivity contribution < 1.29 is 9.47 Å². The van der Waals surface area contributed by atoms with Crippen molar-refractivity contribution in [1.82, 2.24) is 4.90 Å². The molecule has 0 saturated carbocycles. The Balaban J connectivity index is 1.52. The number of morpholine rings is 1. The van der Waals surface area contributed by atoms with Gasteiger partial charge in [0.2, 0.25) is 0 Å². The number of benzene rings is 2. The highest BCUT2D eigenvalue weighted by atomic mass is 16.5. The number of nitrogens with zero attached hydrogens (tertiary/aromatic N) is 1. The summed E-state index contributed by atoms with van der Waals surface area (Å²) in [5.74, 6) is 0.693. The Bertz CT molecular complexity index is 667. The summed E-state index contributed by atoms with van der Waals surface area (Å²) in [6.07, 6.45) is 2.39. The molecule has 0 bridgehead atoms. The summed E-state index contributed by atoms with van der Waals surface area (Å²) in [7, 11) is 0. The molecule has 4 rings (SSSR count). The molecule has 2 saturated heterocycles. The highest BCUT2D eigenvalue weighted by molar-refractivity contribution is 5.67. The average Bonchev–Trinajstić information content (AvgIpc) is 3.18. The molecular weight excluding hydrogens is 310 g/mol. The van der Waals surface area contributed by atoms with Crippen molar-refractivity contribution in [3.8, 4) is 11.1 Å². The molecule has 0 aromatic heterocycles. The first-order valence-corrected chi connectivity index (χ1v) is 9.43. The zero-order chi connectivity index (χ0) is 16.9. The predicted molar refractivity (Wildman–Crippen MR) is 100 cm³/mol. The maximum atomic E-state index is 5.79. The van der Waals surface area contributed by atoms with Gasteiger partial charge >= 0.3 is 0 Å². The van der Waals surface area contributed by atoms with Gasteiger partial charge in [0.1, 0.15) is 0 Å². The number of hydrogen-bond acceptors (Lipinski definition) is 3. The van der Waals surface area contributed by atoms with Crippen molar-refractivity contribution in [3.05, 3.63) is 60.2 Å². The summed E-state index contributed by atoms with van der Waals surface area (Å²) in [5.41, 5.74) is 4.05. The van der Waals surface area contributed by atoms with E-state index in [1.54, 1.807) is 0 Å². The van der Waals surface area contributed by atoms with Crippen LogP contribution in [0.25, 0.3) is 11.1 Å². The van der Waals surface area contributed by atoms with Crippen molar-refractivity contribution in [2.24, 2.45) is 5.92 Å². The predicted octanol–water partition coefficient (Wildman–Crippen LogP) is 3.98. The lowest BCUT2D eigenvalue weighted by atomic mass is 9.95. The Labute approximate surface area is 150 Å². The molecule has 2 aromatic carbocycles. The molecule has 3 nitrogen and oxygen atoms in total. The maximum absolute atomic E-state index is 5.79. The van der Waals surface area contributed by atoms with Crippen molar-refractivity contribution in [3.63, 3.8) is 0 Å². The van der Waals surface area contributed by atoms with Crippen LogP contribution in [0.5, 0.6) is 0 Å². The summed E-state index contributed by atoms with van der Waals surface area (Å²) in [5, 5.41) is 0. The molecule has 2 heterocycles. The fraction of sp³-hybridized carbons (Fsp3) is 0.455. The van der Waals surface area contributed by atoms with Crippen LogP contribution in [0.15, 0.2) is 54.6 Å². The second-order valence-corrected chi connectivity index (χ2v) is 7.19. The lowest BCUT2D eigenvalue weighted by Gasteiger charge is -2.37. The van der Waals surface area contributed by atoms with Gasteiger partial charge < -0.3 is 9.47 Å². The summed E-state index contributed by atoms with van der Waals surface area (Å²) >= 11 is 0. The van der Waals surface area contributed by atoms with E-state index in [0.717, 1.165) is 39.5 Å². The molecule has 0 N–H and O–H groups in total. The van der Waals surface area contributed by atoms with Gasteiger partial charge in [-0.1, -0.05) is 54.6 Å². The largest absolute Gasteiger partial charge is 0.381 e. The minimum Gasteiger partial charge on any atom is -0.381 e.